The molecule has 0 bridgehead atoms. The second kappa shape index (κ2) is 9.62. The number of hydrogen-bond acceptors (Lipinski definition) is 5. The first-order valence-electron chi connectivity index (χ1n) is 8.88. The fraction of sp³-hybridized carbons (Fsp3) is 0.333. The Morgan fingerprint density at radius 2 is 1.63 bits per heavy atom. The average Bonchev–Trinajstić information content (AvgIpc) is 2.64. The summed E-state index contributed by atoms with van der Waals surface area (Å²) in [5.74, 6) is 0.0260. The van der Waals surface area contributed by atoms with Crippen LogP contribution in [0.3, 0.4) is 0 Å². The number of nitrogens with one attached hydrogen (secondary N) is 1. The van der Waals surface area contributed by atoms with E-state index >= 15 is 0 Å². The molecule has 6 nitrogen and oxygen atoms in total. The van der Waals surface area contributed by atoms with Crippen molar-refractivity contribution >= 4 is 17.6 Å². The van der Waals surface area contributed by atoms with Gasteiger partial charge in [0.15, 0.2) is 18.1 Å². The quantitative estimate of drug-likeness (QED) is 0.713. The Morgan fingerprint density at radius 3 is 2.30 bits per heavy atom. The molecule has 0 spiro atoms. The van der Waals surface area contributed by atoms with Crippen molar-refractivity contribution in [3.63, 3.8) is 0 Å². The number of rotatable bonds is 8. The van der Waals surface area contributed by atoms with Gasteiger partial charge in [0.1, 0.15) is 0 Å². The highest BCUT2D eigenvalue weighted by Crippen LogP contribution is 2.28. The lowest BCUT2D eigenvalue weighted by Crippen LogP contribution is -2.21. The van der Waals surface area contributed by atoms with Gasteiger partial charge >= 0.3 is 5.97 Å². The highest BCUT2D eigenvalue weighted by Gasteiger charge is 2.14. The molecular weight excluding hydrogens is 346 g/mol. The maximum atomic E-state index is 12.2. The van der Waals surface area contributed by atoms with Crippen LogP contribution in [0.15, 0.2) is 36.4 Å². The maximum absolute atomic E-state index is 12.2. The first kappa shape index (κ1) is 20.3. The van der Waals surface area contributed by atoms with Gasteiger partial charge in [-0.2, -0.15) is 0 Å². The highest BCUT2D eigenvalue weighted by molar-refractivity contribution is 5.96. The Labute approximate surface area is 159 Å². The van der Waals surface area contributed by atoms with Gasteiger partial charge in [0.05, 0.1) is 18.8 Å². The molecule has 0 fully saturated rings. The molecule has 0 atom stereocenters. The zero-order valence-electron chi connectivity index (χ0n) is 16.1. The number of esters is 1. The van der Waals surface area contributed by atoms with Gasteiger partial charge in [-0.3, -0.25) is 4.79 Å². The molecule has 1 amide bonds. The van der Waals surface area contributed by atoms with Gasteiger partial charge in [0.25, 0.3) is 5.91 Å². The molecule has 2 aromatic rings. The van der Waals surface area contributed by atoms with Crippen LogP contribution in [-0.2, 0) is 9.53 Å². The Balaban J connectivity index is 1.98. The van der Waals surface area contributed by atoms with Crippen LogP contribution in [0, 0.1) is 13.8 Å². The standard InChI is InChI=1S/C21H25NO5/c1-5-25-18-10-8-16(12-19(18)26-6-2)21(24)27-13-20(23)22-17-9-7-14(3)11-15(17)4/h7-12H,5-6,13H2,1-4H3,(H,22,23). The lowest BCUT2D eigenvalue weighted by molar-refractivity contribution is -0.119. The second-order valence-corrected chi connectivity index (χ2v) is 5.97. The summed E-state index contributed by atoms with van der Waals surface area (Å²) in [6, 6.07) is 10.5. The minimum absolute atomic E-state index is 0.293. The number of amides is 1. The van der Waals surface area contributed by atoms with Gasteiger partial charge in [-0.15, -0.1) is 0 Å². The van der Waals surface area contributed by atoms with Crippen LogP contribution in [0.1, 0.15) is 35.3 Å². The minimum atomic E-state index is -0.602. The van der Waals surface area contributed by atoms with Crippen LogP contribution in [0.2, 0.25) is 0 Å². The smallest absolute Gasteiger partial charge is 0.338 e. The van der Waals surface area contributed by atoms with Crippen LogP contribution in [-0.4, -0.2) is 31.7 Å². The van der Waals surface area contributed by atoms with Crippen LogP contribution >= 0.6 is 0 Å². The zero-order chi connectivity index (χ0) is 19.8. The molecule has 6 heteroatoms. The molecule has 0 saturated carbocycles. The first-order valence-corrected chi connectivity index (χ1v) is 8.88. The van der Waals surface area contributed by atoms with Crippen molar-refractivity contribution < 1.29 is 23.8 Å². The third kappa shape index (κ3) is 5.74. The molecular formula is C21H25NO5. The third-order valence-electron chi connectivity index (χ3n) is 3.77. The van der Waals surface area contributed by atoms with E-state index in [1.54, 1.807) is 18.2 Å². The molecule has 0 unspecified atom stereocenters. The second-order valence-electron chi connectivity index (χ2n) is 5.97. The summed E-state index contributed by atoms with van der Waals surface area (Å²) in [6.07, 6.45) is 0. The lowest BCUT2D eigenvalue weighted by Gasteiger charge is -2.12. The molecule has 2 aromatic carbocycles. The topological polar surface area (TPSA) is 73.9 Å². The van der Waals surface area contributed by atoms with E-state index in [9.17, 15) is 9.59 Å². The van der Waals surface area contributed by atoms with Crippen LogP contribution in [0.25, 0.3) is 0 Å². The summed E-state index contributed by atoms with van der Waals surface area (Å²) < 4.78 is 16.1. The fourth-order valence-electron chi connectivity index (χ4n) is 2.53. The Bertz CT molecular complexity index is 816. The predicted molar refractivity (Wildman–Crippen MR) is 104 cm³/mol. The van der Waals surface area contributed by atoms with Crippen LogP contribution in [0.4, 0.5) is 5.69 Å². The lowest BCUT2D eigenvalue weighted by atomic mass is 10.1. The predicted octanol–water partition coefficient (Wildman–Crippen LogP) is 3.90. The largest absolute Gasteiger partial charge is 0.490 e. The fourth-order valence-corrected chi connectivity index (χ4v) is 2.53. The van der Waals surface area contributed by atoms with E-state index in [0.717, 1.165) is 11.1 Å². The SMILES string of the molecule is CCOc1ccc(C(=O)OCC(=O)Nc2ccc(C)cc2C)cc1OCC. The van der Waals surface area contributed by atoms with Crippen molar-refractivity contribution in [1.29, 1.82) is 0 Å². The summed E-state index contributed by atoms with van der Waals surface area (Å²) in [6.45, 7) is 8.16. The van der Waals surface area contributed by atoms with Crippen molar-refractivity contribution in [2.45, 2.75) is 27.7 Å². The van der Waals surface area contributed by atoms with Crippen molar-refractivity contribution in [1.82, 2.24) is 0 Å². The van der Waals surface area contributed by atoms with Crippen molar-refractivity contribution in [3.8, 4) is 11.5 Å². The van der Waals surface area contributed by atoms with E-state index in [0.29, 0.717) is 36.0 Å². The summed E-state index contributed by atoms with van der Waals surface area (Å²) in [5, 5.41) is 2.74. The number of carbonyl (C=O) groups is 2. The molecule has 0 aliphatic heterocycles. The van der Waals surface area contributed by atoms with E-state index in [4.69, 9.17) is 14.2 Å². The summed E-state index contributed by atoms with van der Waals surface area (Å²) >= 11 is 0. The van der Waals surface area contributed by atoms with E-state index in [1.165, 1.54) is 0 Å². The van der Waals surface area contributed by atoms with Gasteiger partial charge in [-0.1, -0.05) is 17.7 Å². The van der Waals surface area contributed by atoms with E-state index in [-0.39, 0.29) is 6.61 Å². The number of hydrogen-bond donors (Lipinski definition) is 1. The van der Waals surface area contributed by atoms with Crippen molar-refractivity contribution in [2.75, 3.05) is 25.1 Å². The van der Waals surface area contributed by atoms with Gasteiger partial charge < -0.3 is 19.5 Å². The Morgan fingerprint density at radius 1 is 0.926 bits per heavy atom. The molecule has 0 aliphatic carbocycles. The number of carbonyl (C=O) groups excluding carboxylic acids is 2. The maximum Gasteiger partial charge on any atom is 0.338 e. The molecule has 0 saturated heterocycles. The highest BCUT2D eigenvalue weighted by atomic mass is 16.5. The van der Waals surface area contributed by atoms with Gasteiger partial charge in [0.2, 0.25) is 0 Å². The first-order chi connectivity index (χ1) is 12.9. The van der Waals surface area contributed by atoms with Gasteiger partial charge in [0, 0.05) is 5.69 Å². The zero-order valence-corrected chi connectivity index (χ0v) is 16.1. The normalized spacial score (nSPS) is 10.2. The summed E-state index contributed by atoms with van der Waals surface area (Å²) in [5.41, 5.74) is 3.04. The van der Waals surface area contributed by atoms with Gasteiger partial charge in [-0.25, -0.2) is 4.79 Å². The van der Waals surface area contributed by atoms with Gasteiger partial charge in [-0.05, 0) is 57.5 Å². The van der Waals surface area contributed by atoms with E-state index in [2.05, 4.69) is 5.32 Å². The number of anilines is 1. The van der Waals surface area contributed by atoms with E-state index in [1.807, 2.05) is 45.9 Å². The van der Waals surface area contributed by atoms with Crippen molar-refractivity contribution in [3.05, 3.63) is 53.1 Å². The molecule has 27 heavy (non-hydrogen) atoms. The van der Waals surface area contributed by atoms with E-state index < -0.39 is 11.9 Å². The molecule has 0 aliphatic rings. The monoisotopic (exact) mass is 371 g/mol. The molecule has 2 rings (SSSR count). The molecule has 0 radical (unpaired) electrons. The summed E-state index contributed by atoms with van der Waals surface area (Å²) in [4.78, 5) is 24.3. The molecule has 0 heterocycles. The summed E-state index contributed by atoms with van der Waals surface area (Å²) in [7, 11) is 0. The number of benzene rings is 2. The number of aryl methyl sites for hydroxylation is 2. The minimum Gasteiger partial charge on any atom is -0.490 e. The molecule has 0 aromatic heterocycles. The third-order valence-corrected chi connectivity index (χ3v) is 3.77. The Kier molecular flexibility index (Phi) is 7.23. The molecule has 144 valence electrons. The number of ether oxygens (including phenoxy) is 3. The average molecular weight is 371 g/mol. The van der Waals surface area contributed by atoms with Crippen LogP contribution in [0.5, 0.6) is 11.5 Å². The van der Waals surface area contributed by atoms with Crippen molar-refractivity contribution in [2.24, 2.45) is 0 Å². The van der Waals surface area contributed by atoms with Crippen LogP contribution < -0.4 is 14.8 Å². The Hall–Kier alpha value is -3.02. The molecule has 1 N–H and O–H groups in total.